The number of oxime groups is 1. The summed E-state index contributed by atoms with van der Waals surface area (Å²) in [6.45, 7) is 1.58. The van der Waals surface area contributed by atoms with E-state index in [2.05, 4.69) is 9.99 Å². The summed E-state index contributed by atoms with van der Waals surface area (Å²) in [6.07, 6.45) is 3.84. The van der Waals surface area contributed by atoms with Crippen LogP contribution in [-0.4, -0.2) is 27.3 Å². The second-order valence-electron chi connectivity index (χ2n) is 4.67. The minimum atomic E-state index is -1.10. The normalized spacial score (nSPS) is 15.1. The highest BCUT2D eigenvalue weighted by molar-refractivity contribution is 6.19. The number of rotatable bonds is 4. The van der Waals surface area contributed by atoms with E-state index in [9.17, 15) is 29.8 Å². The van der Waals surface area contributed by atoms with Crippen LogP contribution in [0.25, 0.3) is 0 Å². The Balaban J connectivity index is 2.28. The first-order valence-electron chi connectivity index (χ1n) is 6.42. The number of carbonyl (C=O) groups excluding carboxylic acids is 2. The number of allylic oxidation sites excluding steroid dienone is 4. The van der Waals surface area contributed by atoms with Crippen molar-refractivity contribution in [2.45, 2.75) is 6.92 Å². The maximum atomic E-state index is 11.9. The molecule has 10 heteroatoms. The molecule has 1 aliphatic carbocycles. The van der Waals surface area contributed by atoms with Crippen molar-refractivity contribution >= 4 is 28.8 Å². The molecule has 10 nitrogen and oxygen atoms in total. The second kappa shape index (κ2) is 6.60. The van der Waals surface area contributed by atoms with E-state index in [4.69, 9.17) is 0 Å². The molecule has 0 N–H and O–H groups in total. The minimum absolute atomic E-state index is 0.211. The van der Waals surface area contributed by atoms with Gasteiger partial charge in [-0.05, 0) is 30.7 Å². The number of nitrogens with zero attached hydrogens (tertiary/aromatic N) is 3. The number of nitro groups is 2. The van der Waals surface area contributed by atoms with Crippen molar-refractivity contribution in [1.82, 2.24) is 0 Å². The minimum Gasteiger partial charge on any atom is -0.312 e. The maximum absolute atomic E-state index is 11.9. The number of non-ortho nitro benzene ring substituents is 2. The molecule has 0 radical (unpaired) electrons. The van der Waals surface area contributed by atoms with E-state index in [1.54, 1.807) is 6.92 Å². The fourth-order valence-electron chi connectivity index (χ4n) is 1.80. The number of nitro benzene ring substituents is 2. The lowest BCUT2D eigenvalue weighted by molar-refractivity contribution is -0.394. The average molecular weight is 331 g/mol. The molecule has 0 spiro atoms. The molecule has 0 saturated carbocycles. The molecule has 0 amide bonds. The lowest BCUT2D eigenvalue weighted by Crippen LogP contribution is -2.09. The molecule has 0 unspecified atom stereocenters. The Labute approximate surface area is 134 Å². The predicted octanol–water partition coefficient (Wildman–Crippen LogP) is 2.10. The molecule has 24 heavy (non-hydrogen) atoms. The van der Waals surface area contributed by atoms with Gasteiger partial charge in [-0.2, -0.15) is 0 Å². The van der Waals surface area contributed by atoms with Crippen LogP contribution in [0.2, 0.25) is 0 Å². The molecule has 1 aliphatic rings. The first-order valence-corrected chi connectivity index (χ1v) is 6.42. The van der Waals surface area contributed by atoms with Gasteiger partial charge in [0.2, 0.25) is 0 Å². The summed E-state index contributed by atoms with van der Waals surface area (Å²) in [5.41, 5.74) is -0.966. The van der Waals surface area contributed by atoms with Gasteiger partial charge in [-0.1, -0.05) is 5.16 Å². The highest BCUT2D eigenvalue weighted by Gasteiger charge is 2.21. The Morgan fingerprint density at radius 1 is 1.08 bits per heavy atom. The van der Waals surface area contributed by atoms with Crippen molar-refractivity contribution in [2.75, 3.05) is 0 Å². The van der Waals surface area contributed by atoms with E-state index < -0.39 is 32.8 Å². The van der Waals surface area contributed by atoms with Crippen LogP contribution in [0.4, 0.5) is 11.4 Å². The third-order valence-corrected chi connectivity index (χ3v) is 2.96. The molecule has 0 fully saturated rings. The third-order valence-electron chi connectivity index (χ3n) is 2.96. The van der Waals surface area contributed by atoms with Crippen LogP contribution in [0.15, 0.2) is 47.2 Å². The Bertz CT molecular complexity index is 820. The Hall–Kier alpha value is -3.69. The first kappa shape index (κ1) is 16.7. The molecule has 0 aromatic heterocycles. The van der Waals surface area contributed by atoms with Gasteiger partial charge in [0.1, 0.15) is 5.71 Å². The molecule has 2 rings (SSSR count). The van der Waals surface area contributed by atoms with Crippen LogP contribution in [-0.2, 0) is 9.63 Å². The summed E-state index contributed by atoms with van der Waals surface area (Å²) in [6, 6.07) is 2.42. The van der Waals surface area contributed by atoms with Crippen LogP contribution in [0.1, 0.15) is 17.3 Å². The highest BCUT2D eigenvalue weighted by Crippen LogP contribution is 2.23. The molecular weight excluding hydrogens is 322 g/mol. The van der Waals surface area contributed by atoms with Gasteiger partial charge in [0.15, 0.2) is 5.78 Å². The number of carbonyl (C=O) groups is 2. The zero-order valence-electron chi connectivity index (χ0n) is 12.2. The number of ketones is 1. The summed E-state index contributed by atoms with van der Waals surface area (Å²) in [4.78, 5) is 47.5. The van der Waals surface area contributed by atoms with Crippen molar-refractivity contribution in [3.8, 4) is 0 Å². The molecule has 0 bridgehead atoms. The molecule has 1 aromatic carbocycles. The summed E-state index contributed by atoms with van der Waals surface area (Å²) in [5.74, 6) is -1.35. The Kier molecular flexibility index (Phi) is 4.59. The van der Waals surface area contributed by atoms with E-state index >= 15 is 0 Å². The molecule has 0 atom stereocenters. The van der Waals surface area contributed by atoms with Gasteiger partial charge in [-0.15, -0.1) is 0 Å². The fraction of sp³-hybridized carbons (Fsp3) is 0.0714. The summed E-state index contributed by atoms with van der Waals surface area (Å²) >= 11 is 0. The summed E-state index contributed by atoms with van der Waals surface area (Å²) in [7, 11) is 0. The van der Waals surface area contributed by atoms with Crippen LogP contribution in [0.5, 0.6) is 0 Å². The van der Waals surface area contributed by atoms with E-state index in [-0.39, 0.29) is 11.5 Å². The summed E-state index contributed by atoms with van der Waals surface area (Å²) < 4.78 is 0. The highest BCUT2D eigenvalue weighted by atomic mass is 16.7. The Morgan fingerprint density at radius 2 is 1.67 bits per heavy atom. The number of hydrogen-bond acceptors (Lipinski definition) is 8. The van der Waals surface area contributed by atoms with E-state index in [1.807, 2.05) is 0 Å². The fourth-order valence-corrected chi connectivity index (χ4v) is 1.80. The maximum Gasteiger partial charge on any atom is 0.366 e. The molecule has 122 valence electrons. The quantitative estimate of drug-likeness (QED) is 0.356. The van der Waals surface area contributed by atoms with Gasteiger partial charge in [0.25, 0.3) is 11.4 Å². The topological polar surface area (TPSA) is 142 Å². The lowest BCUT2D eigenvalue weighted by atomic mass is 10.1. The van der Waals surface area contributed by atoms with Gasteiger partial charge >= 0.3 is 5.97 Å². The molecule has 0 heterocycles. The zero-order chi connectivity index (χ0) is 17.9. The molecule has 0 aliphatic heterocycles. The summed E-state index contributed by atoms with van der Waals surface area (Å²) in [5, 5.41) is 25.1. The third kappa shape index (κ3) is 3.74. The molecule has 0 saturated heterocycles. The van der Waals surface area contributed by atoms with Crippen molar-refractivity contribution in [3.63, 3.8) is 0 Å². The van der Waals surface area contributed by atoms with Crippen LogP contribution in [0.3, 0.4) is 0 Å². The second-order valence-corrected chi connectivity index (χ2v) is 4.67. The zero-order valence-corrected chi connectivity index (χ0v) is 12.2. The van der Waals surface area contributed by atoms with Crippen LogP contribution in [0, 0.1) is 20.2 Å². The van der Waals surface area contributed by atoms with E-state index in [0.717, 1.165) is 18.2 Å². The number of hydrogen-bond donors (Lipinski definition) is 0. The van der Waals surface area contributed by atoms with Crippen molar-refractivity contribution < 1.29 is 24.3 Å². The van der Waals surface area contributed by atoms with Gasteiger partial charge in [0.05, 0.1) is 21.5 Å². The van der Waals surface area contributed by atoms with Crippen molar-refractivity contribution in [3.05, 3.63) is 67.8 Å². The predicted molar refractivity (Wildman–Crippen MR) is 80.5 cm³/mol. The molecular formula is C14H9N3O7. The largest absolute Gasteiger partial charge is 0.366 e. The van der Waals surface area contributed by atoms with Crippen LogP contribution < -0.4 is 0 Å². The lowest BCUT2D eigenvalue weighted by Gasteiger charge is -2.05. The number of benzene rings is 1. The standard InChI is InChI=1S/C14H9N3O7/c1-8-4-12(18)2-3-13(8)15-24-14(19)9-5-10(16(20)21)7-11(6-9)17(22)23/h2-7H,1H3. The first-order chi connectivity index (χ1) is 11.3. The van der Waals surface area contributed by atoms with Crippen LogP contribution >= 0.6 is 0 Å². The molecule has 1 aromatic rings. The van der Waals surface area contributed by atoms with Crippen molar-refractivity contribution in [1.29, 1.82) is 0 Å². The van der Waals surface area contributed by atoms with Gasteiger partial charge in [0, 0.05) is 12.1 Å². The van der Waals surface area contributed by atoms with Gasteiger partial charge in [-0.25, -0.2) is 4.79 Å². The Morgan fingerprint density at radius 3 is 2.17 bits per heavy atom. The van der Waals surface area contributed by atoms with Gasteiger partial charge < -0.3 is 4.84 Å². The van der Waals surface area contributed by atoms with Gasteiger partial charge in [-0.3, -0.25) is 25.0 Å². The average Bonchev–Trinajstić information content (AvgIpc) is 2.53. The van der Waals surface area contributed by atoms with E-state index in [1.165, 1.54) is 18.2 Å². The SMILES string of the molecule is CC1=CC(=O)C=CC1=NOC(=O)c1cc([N+](=O)[O-])cc([N+](=O)[O-])c1. The monoisotopic (exact) mass is 331 g/mol. The smallest absolute Gasteiger partial charge is 0.312 e. The van der Waals surface area contributed by atoms with E-state index in [0.29, 0.717) is 5.57 Å². The van der Waals surface area contributed by atoms with Crippen molar-refractivity contribution in [2.24, 2.45) is 5.16 Å².